The van der Waals surface area contributed by atoms with Gasteiger partial charge in [0.2, 0.25) is 10.0 Å². The van der Waals surface area contributed by atoms with E-state index in [2.05, 4.69) is 17.5 Å². The van der Waals surface area contributed by atoms with Crippen molar-refractivity contribution in [2.24, 2.45) is 0 Å². The van der Waals surface area contributed by atoms with Crippen LogP contribution < -0.4 is 9.62 Å². The van der Waals surface area contributed by atoms with Crippen LogP contribution >= 0.6 is 0 Å². The van der Waals surface area contributed by atoms with Crippen molar-refractivity contribution >= 4 is 15.7 Å². The first-order chi connectivity index (χ1) is 11.1. The third-order valence-corrected chi connectivity index (χ3v) is 6.73. The van der Waals surface area contributed by atoms with Gasteiger partial charge in [0.15, 0.2) is 0 Å². The molecule has 1 aromatic rings. The van der Waals surface area contributed by atoms with Gasteiger partial charge in [-0.3, -0.25) is 0 Å². The van der Waals surface area contributed by atoms with Gasteiger partial charge in [0.25, 0.3) is 0 Å². The summed E-state index contributed by atoms with van der Waals surface area (Å²) >= 11 is 0. The molecule has 1 unspecified atom stereocenters. The molecule has 23 heavy (non-hydrogen) atoms. The van der Waals surface area contributed by atoms with Crippen LogP contribution in [0.2, 0.25) is 0 Å². The average Bonchev–Trinajstić information content (AvgIpc) is 2.56. The number of hydrogen-bond acceptors (Lipinski definition) is 3. The molecule has 1 aliphatic heterocycles. The maximum absolute atomic E-state index is 13.2. The van der Waals surface area contributed by atoms with Gasteiger partial charge in [-0.25, -0.2) is 12.7 Å². The largest absolute Gasteiger partial charge is 0.320 e. The fourth-order valence-corrected chi connectivity index (χ4v) is 5.48. The molecule has 4 nitrogen and oxygen atoms in total. The van der Waals surface area contributed by atoms with E-state index in [1.165, 1.54) is 5.57 Å². The molecule has 0 spiro atoms. The predicted molar refractivity (Wildman–Crippen MR) is 94.8 cm³/mol. The van der Waals surface area contributed by atoms with Gasteiger partial charge in [-0.1, -0.05) is 30.4 Å². The highest BCUT2D eigenvalue weighted by atomic mass is 32.2. The van der Waals surface area contributed by atoms with Crippen molar-refractivity contribution < 1.29 is 8.42 Å². The number of hydrogen-bond donors (Lipinski definition) is 1. The monoisotopic (exact) mass is 332 g/mol. The van der Waals surface area contributed by atoms with Crippen LogP contribution in [0.15, 0.2) is 53.8 Å². The molecule has 1 heterocycles. The lowest BCUT2D eigenvalue weighted by atomic mass is 9.97. The lowest BCUT2D eigenvalue weighted by molar-refractivity contribution is 0.549. The molecule has 0 saturated heterocycles. The van der Waals surface area contributed by atoms with Crippen molar-refractivity contribution in [3.05, 3.63) is 53.8 Å². The molecule has 0 radical (unpaired) electrons. The Morgan fingerprint density at radius 2 is 2.04 bits per heavy atom. The van der Waals surface area contributed by atoms with Crippen molar-refractivity contribution in [1.82, 2.24) is 5.32 Å². The number of nitrogens with one attached hydrogen (secondary N) is 1. The topological polar surface area (TPSA) is 49.4 Å². The van der Waals surface area contributed by atoms with E-state index in [1.54, 1.807) is 4.31 Å². The van der Waals surface area contributed by atoms with Gasteiger partial charge in [-0.2, -0.15) is 0 Å². The van der Waals surface area contributed by atoms with E-state index in [0.717, 1.165) is 37.2 Å². The Kier molecular flexibility index (Phi) is 4.87. The molecular weight excluding hydrogens is 308 g/mol. The van der Waals surface area contributed by atoms with Crippen LogP contribution in [0.25, 0.3) is 0 Å². The number of para-hydroxylation sites is 1. The van der Waals surface area contributed by atoms with Crippen molar-refractivity contribution in [2.45, 2.75) is 37.4 Å². The van der Waals surface area contributed by atoms with Crippen LogP contribution in [0.5, 0.6) is 0 Å². The van der Waals surface area contributed by atoms with E-state index in [9.17, 15) is 8.42 Å². The first kappa shape index (κ1) is 16.3. The quantitative estimate of drug-likeness (QED) is 0.843. The maximum Gasteiger partial charge on any atom is 0.242 e. The lowest BCUT2D eigenvalue weighted by Gasteiger charge is -2.38. The molecule has 3 rings (SSSR count). The molecule has 1 aliphatic carbocycles. The van der Waals surface area contributed by atoms with E-state index < -0.39 is 10.0 Å². The highest BCUT2D eigenvalue weighted by molar-refractivity contribution is 7.93. The molecule has 0 aromatic heterocycles. The number of anilines is 1. The van der Waals surface area contributed by atoms with Crippen LogP contribution in [0, 0.1) is 0 Å². The molecule has 2 aliphatic rings. The van der Waals surface area contributed by atoms with E-state index in [0.29, 0.717) is 12.8 Å². The number of benzene rings is 1. The molecule has 124 valence electrons. The molecule has 1 N–H and O–H groups in total. The second-order valence-corrected chi connectivity index (χ2v) is 8.19. The summed E-state index contributed by atoms with van der Waals surface area (Å²) in [5.41, 5.74) is 2.90. The molecule has 5 heteroatoms. The van der Waals surface area contributed by atoms with Crippen LogP contribution in [0.1, 0.15) is 32.1 Å². The summed E-state index contributed by atoms with van der Waals surface area (Å²) in [7, 11) is -1.46. The fraction of sp³-hybridized carbons (Fsp3) is 0.444. The molecule has 1 atom stereocenters. The molecule has 0 fully saturated rings. The van der Waals surface area contributed by atoms with Gasteiger partial charge >= 0.3 is 0 Å². The average molecular weight is 332 g/mol. The fourth-order valence-electron chi connectivity index (χ4n) is 3.40. The Balaban J connectivity index is 2.00. The van der Waals surface area contributed by atoms with E-state index in [4.69, 9.17) is 0 Å². The van der Waals surface area contributed by atoms with Crippen molar-refractivity contribution in [2.75, 3.05) is 17.9 Å². The second-order valence-electron chi connectivity index (χ2n) is 6.13. The van der Waals surface area contributed by atoms with Gasteiger partial charge < -0.3 is 5.32 Å². The molecule has 0 amide bonds. The van der Waals surface area contributed by atoms with Crippen LogP contribution in [0.4, 0.5) is 5.69 Å². The Hall–Kier alpha value is -1.59. The van der Waals surface area contributed by atoms with Crippen molar-refractivity contribution in [3.63, 3.8) is 0 Å². The second kappa shape index (κ2) is 6.89. The number of rotatable bonds is 5. The lowest BCUT2D eigenvalue weighted by Crippen LogP contribution is -2.43. The Morgan fingerprint density at radius 3 is 2.78 bits per heavy atom. The Labute approximate surface area is 138 Å². The zero-order valence-corrected chi connectivity index (χ0v) is 14.3. The third-order valence-electron chi connectivity index (χ3n) is 4.55. The number of sulfonamides is 1. The summed E-state index contributed by atoms with van der Waals surface area (Å²) in [6.07, 6.45) is 8.18. The van der Waals surface area contributed by atoms with E-state index in [-0.39, 0.29) is 5.25 Å². The van der Waals surface area contributed by atoms with Crippen LogP contribution in [0.3, 0.4) is 0 Å². The summed E-state index contributed by atoms with van der Waals surface area (Å²) in [5, 5.41) is 2.76. The van der Waals surface area contributed by atoms with Crippen LogP contribution in [-0.4, -0.2) is 27.3 Å². The highest BCUT2D eigenvalue weighted by Gasteiger charge is 2.40. The zero-order valence-electron chi connectivity index (χ0n) is 13.5. The van der Waals surface area contributed by atoms with Crippen molar-refractivity contribution in [3.8, 4) is 0 Å². The standard InChI is InChI=1S/C18H24N2O2S/c1-19-13-7-11-17-14-15-8-5-6-12-18(15)20(23(17,21)22)16-9-3-2-4-10-16/h2-5,8-10,17,19H,6-7,11-14H2,1H3. The number of allylic oxidation sites excluding steroid dienone is 4. The number of nitrogens with zero attached hydrogens (tertiary/aromatic N) is 1. The van der Waals surface area contributed by atoms with Gasteiger partial charge in [0.05, 0.1) is 10.9 Å². The maximum atomic E-state index is 13.2. The molecular formula is C18H24N2O2S. The zero-order chi connectivity index (χ0) is 16.3. The van der Waals surface area contributed by atoms with Crippen molar-refractivity contribution in [1.29, 1.82) is 0 Å². The normalized spacial score (nSPS) is 23.0. The first-order valence-corrected chi connectivity index (χ1v) is 9.77. The molecule has 1 aromatic carbocycles. The van der Waals surface area contributed by atoms with Gasteiger partial charge in [0, 0.05) is 5.70 Å². The first-order valence-electron chi connectivity index (χ1n) is 8.27. The van der Waals surface area contributed by atoms with Crippen LogP contribution in [-0.2, 0) is 10.0 Å². The Morgan fingerprint density at radius 1 is 1.26 bits per heavy atom. The molecule has 0 saturated carbocycles. The summed E-state index contributed by atoms with van der Waals surface area (Å²) in [4.78, 5) is 0. The summed E-state index contributed by atoms with van der Waals surface area (Å²) in [6, 6.07) is 9.48. The minimum atomic E-state index is -3.35. The van der Waals surface area contributed by atoms with E-state index >= 15 is 0 Å². The smallest absolute Gasteiger partial charge is 0.242 e. The van der Waals surface area contributed by atoms with E-state index in [1.807, 2.05) is 37.4 Å². The van der Waals surface area contributed by atoms with Gasteiger partial charge in [0.1, 0.15) is 0 Å². The molecule has 0 bridgehead atoms. The Bertz CT molecular complexity index is 708. The minimum Gasteiger partial charge on any atom is -0.320 e. The SMILES string of the molecule is CNCCCC1CC2=C(CCC=C2)N(c2ccccc2)S1(=O)=O. The summed E-state index contributed by atoms with van der Waals surface area (Å²) < 4.78 is 28.0. The summed E-state index contributed by atoms with van der Waals surface area (Å²) in [6.45, 7) is 0.846. The predicted octanol–water partition coefficient (Wildman–Crippen LogP) is 3.20. The highest BCUT2D eigenvalue weighted by Crippen LogP contribution is 2.40. The van der Waals surface area contributed by atoms with Gasteiger partial charge in [-0.05, 0) is 63.4 Å². The summed E-state index contributed by atoms with van der Waals surface area (Å²) in [5.74, 6) is 0. The third kappa shape index (κ3) is 3.21. The van der Waals surface area contributed by atoms with Gasteiger partial charge in [-0.15, -0.1) is 0 Å². The minimum absolute atomic E-state index is 0.336.